The molecule has 5 heteroatoms. The smallest absolute Gasteiger partial charge is 0.252 e. The predicted octanol–water partition coefficient (Wildman–Crippen LogP) is 2.02. The Labute approximate surface area is 118 Å². The van der Waals surface area contributed by atoms with Crippen LogP contribution in [0, 0.1) is 6.92 Å². The molecule has 1 aromatic heterocycles. The zero-order valence-corrected chi connectivity index (χ0v) is 11.9. The first-order chi connectivity index (χ1) is 9.65. The van der Waals surface area contributed by atoms with Crippen LogP contribution in [-0.4, -0.2) is 30.1 Å². The zero-order valence-electron chi connectivity index (χ0n) is 11.9. The molecule has 1 heterocycles. The number of rotatable bonds is 6. The van der Waals surface area contributed by atoms with Crippen molar-refractivity contribution >= 4 is 11.5 Å². The molecule has 1 aromatic carbocycles. The number of H-pyrrole nitrogens is 1. The van der Waals surface area contributed by atoms with Crippen molar-refractivity contribution in [1.29, 1.82) is 0 Å². The van der Waals surface area contributed by atoms with E-state index in [1.54, 1.807) is 6.92 Å². The van der Waals surface area contributed by atoms with Crippen LogP contribution in [0.15, 0.2) is 41.2 Å². The standard InChI is InChI=1S/C15H20N4O/c1-12-17-14(11-15(20)18-12)16-9-6-10-19(2)13-7-4-3-5-8-13/h3-5,7-8,11H,6,9-10H2,1-2H3,(H2,16,17,18,20). The van der Waals surface area contributed by atoms with Crippen LogP contribution in [0.3, 0.4) is 0 Å². The number of aromatic amines is 1. The third kappa shape index (κ3) is 4.12. The Kier molecular flexibility index (Phi) is 4.76. The Morgan fingerprint density at radius 2 is 2.05 bits per heavy atom. The number of aryl methyl sites for hydroxylation is 1. The van der Waals surface area contributed by atoms with Crippen LogP contribution in [0.1, 0.15) is 12.2 Å². The minimum Gasteiger partial charge on any atom is -0.375 e. The molecule has 0 saturated carbocycles. The second-order valence-corrected chi connectivity index (χ2v) is 4.75. The highest BCUT2D eigenvalue weighted by atomic mass is 16.1. The number of aromatic nitrogens is 2. The molecule has 2 N–H and O–H groups in total. The zero-order chi connectivity index (χ0) is 14.4. The van der Waals surface area contributed by atoms with Gasteiger partial charge in [0.25, 0.3) is 5.56 Å². The van der Waals surface area contributed by atoms with Crippen molar-refractivity contribution < 1.29 is 0 Å². The Balaban J connectivity index is 1.78. The van der Waals surface area contributed by atoms with Gasteiger partial charge in [-0.3, -0.25) is 4.79 Å². The maximum absolute atomic E-state index is 11.3. The van der Waals surface area contributed by atoms with Gasteiger partial charge in [-0.1, -0.05) is 18.2 Å². The molecular formula is C15H20N4O. The highest BCUT2D eigenvalue weighted by molar-refractivity contribution is 5.44. The molecule has 0 amide bonds. The van der Waals surface area contributed by atoms with Gasteiger partial charge in [-0.25, -0.2) is 4.98 Å². The van der Waals surface area contributed by atoms with Crippen LogP contribution >= 0.6 is 0 Å². The molecule has 0 aliphatic carbocycles. The van der Waals surface area contributed by atoms with E-state index in [0.717, 1.165) is 19.5 Å². The number of hydrogen-bond donors (Lipinski definition) is 2. The summed E-state index contributed by atoms with van der Waals surface area (Å²) in [6, 6.07) is 11.7. The van der Waals surface area contributed by atoms with E-state index in [1.165, 1.54) is 11.8 Å². The Hall–Kier alpha value is -2.30. The molecule has 2 aromatic rings. The summed E-state index contributed by atoms with van der Waals surface area (Å²) in [5.41, 5.74) is 1.08. The highest BCUT2D eigenvalue weighted by Gasteiger charge is 2.00. The normalized spacial score (nSPS) is 10.3. The van der Waals surface area contributed by atoms with E-state index in [2.05, 4.69) is 39.4 Å². The monoisotopic (exact) mass is 272 g/mol. The average Bonchev–Trinajstić information content (AvgIpc) is 2.43. The number of nitrogens with zero attached hydrogens (tertiary/aromatic N) is 2. The first-order valence-electron chi connectivity index (χ1n) is 6.73. The third-order valence-corrected chi connectivity index (χ3v) is 3.03. The quantitative estimate of drug-likeness (QED) is 0.790. The van der Waals surface area contributed by atoms with Gasteiger partial charge in [0.05, 0.1) is 0 Å². The molecule has 0 aliphatic heterocycles. The van der Waals surface area contributed by atoms with Crippen molar-refractivity contribution in [3.05, 3.63) is 52.6 Å². The molecule has 0 saturated heterocycles. The lowest BCUT2D eigenvalue weighted by Crippen LogP contribution is -2.21. The number of nitrogens with one attached hydrogen (secondary N) is 2. The molecule has 0 aliphatic rings. The van der Waals surface area contributed by atoms with E-state index in [9.17, 15) is 4.79 Å². The van der Waals surface area contributed by atoms with Crippen LogP contribution in [0.4, 0.5) is 11.5 Å². The van der Waals surface area contributed by atoms with E-state index in [1.807, 2.05) is 18.2 Å². The summed E-state index contributed by atoms with van der Waals surface area (Å²) in [6.07, 6.45) is 0.971. The summed E-state index contributed by atoms with van der Waals surface area (Å²) in [5, 5.41) is 3.18. The fraction of sp³-hybridized carbons (Fsp3) is 0.333. The summed E-state index contributed by atoms with van der Waals surface area (Å²) >= 11 is 0. The average molecular weight is 272 g/mol. The third-order valence-electron chi connectivity index (χ3n) is 3.03. The molecule has 0 unspecified atom stereocenters. The maximum atomic E-state index is 11.3. The summed E-state index contributed by atoms with van der Waals surface area (Å²) in [7, 11) is 2.07. The minimum absolute atomic E-state index is 0.124. The molecule has 20 heavy (non-hydrogen) atoms. The van der Waals surface area contributed by atoms with Crippen LogP contribution in [0.2, 0.25) is 0 Å². The lowest BCUT2D eigenvalue weighted by Gasteiger charge is -2.19. The molecule has 0 bridgehead atoms. The Morgan fingerprint density at radius 1 is 1.30 bits per heavy atom. The number of para-hydroxylation sites is 1. The summed E-state index contributed by atoms with van der Waals surface area (Å²) in [4.78, 5) is 20.4. The molecule has 0 radical (unpaired) electrons. The van der Waals surface area contributed by atoms with E-state index < -0.39 is 0 Å². The SMILES string of the molecule is Cc1nc(NCCCN(C)c2ccccc2)cc(=O)[nH]1. The van der Waals surface area contributed by atoms with Crippen molar-refractivity contribution in [1.82, 2.24) is 9.97 Å². The second-order valence-electron chi connectivity index (χ2n) is 4.75. The van der Waals surface area contributed by atoms with Gasteiger partial charge in [0, 0.05) is 31.9 Å². The Morgan fingerprint density at radius 3 is 2.75 bits per heavy atom. The fourth-order valence-corrected chi connectivity index (χ4v) is 2.01. The lowest BCUT2D eigenvalue weighted by molar-refractivity contribution is 0.812. The number of anilines is 2. The van der Waals surface area contributed by atoms with Crippen LogP contribution in [-0.2, 0) is 0 Å². The summed E-state index contributed by atoms with van der Waals surface area (Å²) < 4.78 is 0. The predicted molar refractivity (Wildman–Crippen MR) is 82.4 cm³/mol. The number of hydrogen-bond acceptors (Lipinski definition) is 4. The van der Waals surface area contributed by atoms with Crippen molar-refractivity contribution in [2.45, 2.75) is 13.3 Å². The van der Waals surface area contributed by atoms with Crippen LogP contribution in [0.25, 0.3) is 0 Å². The minimum atomic E-state index is -0.124. The second kappa shape index (κ2) is 6.75. The van der Waals surface area contributed by atoms with Gasteiger partial charge in [-0.15, -0.1) is 0 Å². The van der Waals surface area contributed by atoms with Gasteiger partial charge in [0.2, 0.25) is 0 Å². The molecule has 2 rings (SSSR count). The first-order valence-corrected chi connectivity index (χ1v) is 6.73. The molecular weight excluding hydrogens is 252 g/mol. The van der Waals surface area contributed by atoms with Crippen LogP contribution < -0.4 is 15.8 Å². The molecule has 0 fully saturated rings. The van der Waals surface area contributed by atoms with E-state index in [4.69, 9.17) is 0 Å². The molecule has 0 spiro atoms. The van der Waals surface area contributed by atoms with Gasteiger partial charge in [-0.2, -0.15) is 0 Å². The summed E-state index contributed by atoms with van der Waals surface area (Å²) in [5.74, 6) is 1.26. The Bertz CT molecular complexity index is 594. The maximum Gasteiger partial charge on any atom is 0.252 e. The van der Waals surface area contributed by atoms with Crippen molar-refractivity contribution in [2.75, 3.05) is 30.4 Å². The van der Waals surface area contributed by atoms with E-state index >= 15 is 0 Å². The lowest BCUT2D eigenvalue weighted by atomic mass is 10.3. The topological polar surface area (TPSA) is 61.0 Å². The van der Waals surface area contributed by atoms with Gasteiger partial charge in [0.15, 0.2) is 0 Å². The molecule has 5 nitrogen and oxygen atoms in total. The molecule has 0 atom stereocenters. The first kappa shape index (κ1) is 14.1. The van der Waals surface area contributed by atoms with Gasteiger partial charge >= 0.3 is 0 Å². The van der Waals surface area contributed by atoms with Gasteiger partial charge in [-0.05, 0) is 25.5 Å². The largest absolute Gasteiger partial charge is 0.375 e. The molecule has 106 valence electrons. The van der Waals surface area contributed by atoms with Crippen molar-refractivity contribution in [3.8, 4) is 0 Å². The fourth-order valence-electron chi connectivity index (χ4n) is 2.01. The summed E-state index contributed by atoms with van der Waals surface area (Å²) in [6.45, 7) is 3.50. The van der Waals surface area contributed by atoms with Crippen LogP contribution in [0.5, 0.6) is 0 Å². The van der Waals surface area contributed by atoms with Gasteiger partial charge < -0.3 is 15.2 Å². The van der Waals surface area contributed by atoms with Gasteiger partial charge in [0.1, 0.15) is 11.6 Å². The van der Waals surface area contributed by atoms with E-state index in [0.29, 0.717) is 11.6 Å². The van der Waals surface area contributed by atoms with Crippen molar-refractivity contribution in [3.63, 3.8) is 0 Å². The number of benzene rings is 1. The van der Waals surface area contributed by atoms with E-state index in [-0.39, 0.29) is 5.56 Å². The van der Waals surface area contributed by atoms with Crippen molar-refractivity contribution in [2.24, 2.45) is 0 Å². The highest BCUT2D eigenvalue weighted by Crippen LogP contribution is 2.10.